The molecule has 1 aromatic heterocycles. The van der Waals surface area contributed by atoms with E-state index in [1.807, 2.05) is 0 Å². The first-order valence-corrected chi connectivity index (χ1v) is 6.22. The van der Waals surface area contributed by atoms with E-state index in [1.165, 1.54) is 8.79 Å². The largest absolute Gasteiger partial charge is 0.366 e. The topological polar surface area (TPSA) is 29.3 Å². The lowest BCUT2D eigenvalue weighted by atomic mass is 9.93. The average molecular weight is 277 g/mol. The van der Waals surface area contributed by atoms with Crippen molar-refractivity contribution in [2.45, 2.75) is 13.8 Å². The van der Waals surface area contributed by atoms with Crippen LogP contribution in [0.1, 0.15) is 13.8 Å². The van der Waals surface area contributed by atoms with Crippen LogP contribution < -0.4 is 10.6 Å². The fraction of sp³-hybridized carbons (Fsp3) is 0.600. The minimum absolute atomic E-state index is 0.172. The fourth-order valence-electron chi connectivity index (χ4n) is 1.29. The number of thiophene rings is 1. The van der Waals surface area contributed by atoms with Crippen LogP contribution in [0.3, 0.4) is 0 Å². The van der Waals surface area contributed by atoms with Gasteiger partial charge in [-0.25, -0.2) is 0 Å². The van der Waals surface area contributed by atoms with Crippen LogP contribution in [-0.2, 0) is 0 Å². The third kappa shape index (κ3) is 3.26. The summed E-state index contributed by atoms with van der Waals surface area (Å²) in [5.74, 6) is 0. The van der Waals surface area contributed by atoms with Gasteiger partial charge in [-0.15, -0.1) is 11.3 Å². The van der Waals surface area contributed by atoms with Crippen LogP contribution >= 0.6 is 27.3 Å². The summed E-state index contributed by atoms with van der Waals surface area (Å²) in [5.41, 5.74) is 5.88. The second-order valence-corrected chi connectivity index (χ2v) is 6.74. The van der Waals surface area contributed by atoms with Crippen molar-refractivity contribution < 1.29 is 0 Å². The highest BCUT2D eigenvalue weighted by atomic mass is 79.9. The Kier molecular flexibility index (Phi) is 3.98. The molecule has 0 aliphatic carbocycles. The lowest BCUT2D eigenvalue weighted by molar-refractivity contribution is 0.386. The summed E-state index contributed by atoms with van der Waals surface area (Å²) in [7, 11) is 2.11. The number of hydrogen-bond donors (Lipinski definition) is 1. The minimum atomic E-state index is 0.172. The van der Waals surface area contributed by atoms with Gasteiger partial charge in [-0.1, -0.05) is 13.8 Å². The summed E-state index contributed by atoms with van der Waals surface area (Å²) in [6.45, 7) is 6.07. The third-order valence-electron chi connectivity index (χ3n) is 2.15. The van der Waals surface area contributed by atoms with Gasteiger partial charge in [-0.05, 0) is 40.0 Å². The first-order valence-electron chi connectivity index (χ1n) is 4.61. The van der Waals surface area contributed by atoms with Gasteiger partial charge in [0.15, 0.2) is 0 Å². The van der Waals surface area contributed by atoms with Crippen molar-refractivity contribution in [2.75, 3.05) is 25.0 Å². The van der Waals surface area contributed by atoms with Gasteiger partial charge >= 0.3 is 0 Å². The molecule has 0 aliphatic heterocycles. The molecule has 1 rings (SSSR count). The monoisotopic (exact) mass is 276 g/mol. The molecule has 0 aromatic carbocycles. The molecule has 0 fully saturated rings. The molecule has 80 valence electrons. The van der Waals surface area contributed by atoms with Gasteiger partial charge in [-0.2, -0.15) is 0 Å². The molecule has 0 radical (unpaired) electrons. The van der Waals surface area contributed by atoms with Crippen LogP contribution in [0, 0.1) is 5.41 Å². The van der Waals surface area contributed by atoms with Crippen molar-refractivity contribution in [3.8, 4) is 0 Å². The van der Waals surface area contributed by atoms with Gasteiger partial charge in [0.1, 0.15) is 0 Å². The highest BCUT2D eigenvalue weighted by Gasteiger charge is 2.18. The van der Waals surface area contributed by atoms with E-state index in [-0.39, 0.29) is 5.41 Å². The molecule has 2 N–H and O–H groups in total. The standard InChI is InChI=1S/C10H17BrN2S/c1-10(2,6-12)7-13(3)9-5-4-8(11)14-9/h4-5H,6-7,12H2,1-3H3. The quantitative estimate of drug-likeness (QED) is 0.916. The highest BCUT2D eigenvalue weighted by Crippen LogP contribution is 2.30. The van der Waals surface area contributed by atoms with Crippen molar-refractivity contribution >= 4 is 32.3 Å². The second kappa shape index (κ2) is 4.64. The zero-order chi connectivity index (χ0) is 10.8. The summed E-state index contributed by atoms with van der Waals surface area (Å²) >= 11 is 5.21. The second-order valence-electron chi connectivity index (χ2n) is 4.30. The molecule has 0 amide bonds. The third-order valence-corrected chi connectivity index (χ3v) is 3.89. The molecule has 0 unspecified atom stereocenters. The predicted octanol–water partition coefficient (Wildman–Crippen LogP) is 2.93. The molecule has 0 atom stereocenters. The van der Waals surface area contributed by atoms with E-state index < -0.39 is 0 Å². The Morgan fingerprint density at radius 1 is 1.50 bits per heavy atom. The smallest absolute Gasteiger partial charge is 0.0917 e. The van der Waals surface area contributed by atoms with E-state index >= 15 is 0 Å². The number of nitrogens with zero attached hydrogens (tertiary/aromatic N) is 1. The number of anilines is 1. The molecule has 0 spiro atoms. The van der Waals surface area contributed by atoms with Crippen LogP contribution in [-0.4, -0.2) is 20.1 Å². The van der Waals surface area contributed by atoms with Crippen LogP contribution in [0.4, 0.5) is 5.00 Å². The molecule has 0 aliphatic rings. The minimum Gasteiger partial charge on any atom is -0.366 e. The summed E-state index contributed by atoms with van der Waals surface area (Å²) in [6, 6.07) is 4.20. The van der Waals surface area contributed by atoms with Crippen molar-refractivity contribution in [2.24, 2.45) is 11.1 Å². The van der Waals surface area contributed by atoms with E-state index in [4.69, 9.17) is 5.73 Å². The molecular formula is C10H17BrN2S. The van der Waals surface area contributed by atoms with Gasteiger partial charge in [0, 0.05) is 13.6 Å². The Morgan fingerprint density at radius 2 is 2.14 bits per heavy atom. The molecule has 4 heteroatoms. The molecule has 2 nitrogen and oxygen atoms in total. The summed E-state index contributed by atoms with van der Waals surface area (Å²) in [4.78, 5) is 2.25. The zero-order valence-corrected chi connectivity index (χ0v) is 11.3. The SMILES string of the molecule is CN(CC(C)(C)CN)c1ccc(Br)s1. The van der Waals surface area contributed by atoms with E-state index in [1.54, 1.807) is 11.3 Å². The maximum absolute atomic E-state index is 5.71. The van der Waals surface area contributed by atoms with Crippen LogP contribution in [0.5, 0.6) is 0 Å². The lowest BCUT2D eigenvalue weighted by Gasteiger charge is -2.29. The summed E-state index contributed by atoms with van der Waals surface area (Å²) < 4.78 is 1.17. The number of hydrogen-bond acceptors (Lipinski definition) is 3. The predicted molar refractivity (Wildman–Crippen MR) is 68.1 cm³/mol. The van der Waals surface area contributed by atoms with Crippen molar-refractivity contribution in [3.63, 3.8) is 0 Å². The van der Waals surface area contributed by atoms with Crippen molar-refractivity contribution in [3.05, 3.63) is 15.9 Å². The molecule has 1 heterocycles. The number of rotatable bonds is 4. The Hall–Kier alpha value is -0.0600. The van der Waals surface area contributed by atoms with Crippen LogP contribution in [0.2, 0.25) is 0 Å². The van der Waals surface area contributed by atoms with Gasteiger partial charge in [0.05, 0.1) is 8.79 Å². The lowest BCUT2D eigenvalue weighted by Crippen LogP contribution is -2.36. The molecule has 0 saturated heterocycles. The molecule has 14 heavy (non-hydrogen) atoms. The Labute approximate surface area is 98.2 Å². The van der Waals surface area contributed by atoms with Gasteiger partial charge in [0.25, 0.3) is 0 Å². The van der Waals surface area contributed by atoms with Gasteiger partial charge in [0.2, 0.25) is 0 Å². The number of halogens is 1. The van der Waals surface area contributed by atoms with Crippen LogP contribution in [0.15, 0.2) is 15.9 Å². The molecule has 0 saturated carbocycles. The van der Waals surface area contributed by atoms with Crippen molar-refractivity contribution in [1.82, 2.24) is 0 Å². The van der Waals surface area contributed by atoms with E-state index in [9.17, 15) is 0 Å². The zero-order valence-electron chi connectivity index (χ0n) is 8.88. The Bertz CT molecular complexity index is 296. The maximum Gasteiger partial charge on any atom is 0.0917 e. The first-order chi connectivity index (χ1) is 6.44. The normalized spacial score (nSPS) is 11.8. The van der Waals surface area contributed by atoms with Crippen LogP contribution in [0.25, 0.3) is 0 Å². The average Bonchev–Trinajstić information content (AvgIpc) is 2.51. The fourth-order valence-corrected chi connectivity index (χ4v) is 2.62. The van der Waals surface area contributed by atoms with Crippen molar-refractivity contribution in [1.29, 1.82) is 0 Å². The molecular weight excluding hydrogens is 260 g/mol. The van der Waals surface area contributed by atoms with E-state index in [0.717, 1.165) is 6.54 Å². The van der Waals surface area contributed by atoms with Gasteiger partial charge in [-0.3, -0.25) is 0 Å². The Balaban J connectivity index is 2.63. The maximum atomic E-state index is 5.71. The highest BCUT2D eigenvalue weighted by molar-refractivity contribution is 9.11. The first kappa shape index (κ1) is 12.0. The van der Waals surface area contributed by atoms with Gasteiger partial charge < -0.3 is 10.6 Å². The van der Waals surface area contributed by atoms with E-state index in [0.29, 0.717) is 6.54 Å². The van der Waals surface area contributed by atoms with E-state index in [2.05, 4.69) is 53.9 Å². The number of nitrogens with two attached hydrogens (primary N) is 1. The summed E-state index contributed by atoms with van der Waals surface area (Å²) in [6.07, 6.45) is 0. The molecule has 1 aromatic rings. The summed E-state index contributed by atoms with van der Waals surface area (Å²) in [5, 5.41) is 1.28. The molecule has 0 bridgehead atoms. The Morgan fingerprint density at radius 3 is 2.57 bits per heavy atom.